The molecule has 0 saturated carbocycles. The van der Waals surface area contributed by atoms with Crippen LogP contribution in [0.15, 0.2) is 12.1 Å². The van der Waals surface area contributed by atoms with Crippen LogP contribution in [0, 0.1) is 0 Å². The Bertz CT molecular complexity index is 549. The van der Waals surface area contributed by atoms with Gasteiger partial charge in [-0.3, -0.25) is 9.59 Å². The van der Waals surface area contributed by atoms with Crippen molar-refractivity contribution < 1.29 is 24.2 Å². The maximum Gasteiger partial charge on any atom is 0.304 e. The first kappa shape index (κ1) is 13.4. The molecule has 1 aromatic rings. The van der Waals surface area contributed by atoms with E-state index in [9.17, 15) is 9.59 Å². The fourth-order valence-corrected chi connectivity index (χ4v) is 2.65. The molecule has 0 amide bonds. The molecule has 5 heteroatoms. The van der Waals surface area contributed by atoms with E-state index in [-0.39, 0.29) is 18.6 Å². The predicted molar refractivity (Wildman–Crippen MR) is 68.1 cm³/mol. The molecule has 0 spiro atoms. The van der Waals surface area contributed by atoms with Gasteiger partial charge in [-0.1, -0.05) is 6.92 Å². The maximum atomic E-state index is 12.0. The van der Waals surface area contributed by atoms with Gasteiger partial charge in [0, 0.05) is 17.4 Å². The van der Waals surface area contributed by atoms with Crippen molar-refractivity contribution in [1.82, 2.24) is 0 Å². The maximum absolute atomic E-state index is 12.0. The molecule has 0 saturated heterocycles. The Morgan fingerprint density at radius 3 is 2.42 bits per heavy atom. The summed E-state index contributed by atoms with van der Waals surface area (Å²) in [5.74, 6) is 0.0133. The molecule has 19 heavy (non-hydrogen) atoms. The van der Waals surface area contributed by atoms with E-state index in [1.54, 1.807) is 19.1 Å². The average molecular weight is 264 g/mol. The second-order valence-electron chi connectivity index (χ2n) is 4.98. The van der Waals surface area contributed by atoms with Gasteiger partial charge in [-0.2, -0.15) is 0 Å². The van der Waals surface area contributed by atoms with Crippen LogP contribution in [-0.2, 0) is 10.2 Å². The molecule has 0 aromatic heterocycles. The lowest BCUT2D eigenvalue weighted by Crippen LogP contribution is -2.23. The van der Waals surface area contributed by atoms with Crippen molar-refractivity contribution in [2.24, 2.45) is 0 Å². The molecule has 5 nitrogen and oxygen atoms in total. The molecule has 1 atom stereocenters. The third kappa shape index (κ3) is 2.16. The average Bonchev–Trinajstić information content (AvgIpc) is 2.58. The number of carboxylic acids is 1. The van der Waals surface area contributed by atoms with E-state index in [1.807, 2.05) is 0 Å². The number of ketones is 1. The predicted octanol–water partition coefficient (Wildman–Crippen LogP) is 2.02. The number of methoxy groups -OCH3 is 2. The van der Waals surface area contributed by atoms with Gasteiger partial charge in [-0.25, -0.2) is 0 Å². The quantitative estimate of drug-likeness (QED) is 0.900. The second kappa shape index (κ2) is 4.57. The number of hydrogen-bond donors (Lipinski definition) is 1. The van der Waals surface area contributed by atoms with E-state index >= 15 is 0 Å². The normalized spacial score (nSPS) is 21.1. The van der Waals surface area contributed by atoms with Crippen LogP contribution in [-0.4, -0.2) is 31.1 Å². The molecule has 0 heterocycles. The zero-order valence-electron chi connectivity index (χ0n) is 11.1. The van der Waals surface area contributed by atoms with Gasteiger partial charge in [-0.05, 0) is 17.7 Å². The Kier molecular flexibility index (Phi) is 3.22. The highest BCUT2D eigenvalue weighted by Crippen LogP contribution is 2.45. The molecule has 2 rings (SSSR count). The molecule has 1 aromatic carbocycles. The lowest BCUT2D eigenvalue weighted by atomic mass is 9.81. The number of carbonyl (C=O) groups is 2. The van der Waals surface area contributed by atoms with Crippen molar-refractivity contribution in [2.75, 3.05) is 14.2 Å². The molecule has 0 bridgehead atoms. The van der Waals surface area contributed by atoms with Gasteiger partial charge >= 0.3 is 5.97 Å². The highest BCUT2D eigenvalue weighted by Gasteiger charge is 2.42. The van der Waals surface area contributed by atoms with Crippen LogP contribution in [0.1, 0.15) is 35.7 Å². The third-order valence-corrected chi connectivity index (χ3v) is 3.57. The largest absolute Gasteiger partial charge is 0.493 e. The first-order chi connectivity index (χ1) is 8.91. The van der Waals surface area contributed by atoms with Crippen LogP contribution in [0.5, 0.6) is 11.5 Å². The lowest BCUT2D eigenvalue weighted by Gasteiger charge is -2.23. The van der Waals surface area contributed by atoms with Crippen molar-refractivity contribution in [3.05, 3.63) is 23.3 Å². The molecule has 1 aliphatic rings. The minimum Gasteiger partial charge on any atom is -0.493 e. The Morgan fingerprint density at radius 2 is 1.89 bits per heavy atom. The number of fused-ring (bicyclic) bond motifs is 1. The molecular formula is C14H16O5. The van der Waals surface area contributed by atoms with E-state index in [0.717, 1.165) is 5.56 Å². The second-order valence-corrected chi connectivity index (χ2v) is 4.98. The highest BCUT2D eigenvalue weighted by atomic mass is 16.5. The van der Waals surface area contributed by atoms with Gasteiger partial charge in [-0.15, -0.1) is 0 Å². The summed E-state index contributed by atoms with van der Waals surface area (Å²) in [6.07, 6.45) is 0.117. The van der Waals surface area contributed by atoms with E-state index < -0.39 is 11.4 Å². The van der Waals surface area contributed by atoms with Crippen LogP contribution in [0.4, 0.5) is 0 Å². The van der Waals surface area contributed by atoms with E-state index in [4.69, 9.17) is 14.6 Å². The Balaban J connectivity index is 2.57. The van der Waals surface area contributed by atoms with Crippen LogP contribution in [0.2, 0.25) is 0 Å². The van der Waals surface area contributed by atoms with Gasteiger partial charge < -0.3 is 14.6 Å². The molecule has 1 unspecified atom stereocenters. The number of carbonyl (C=O) groups excluding carboxylic acids is 1. The Labute approximate surface area is 111 Å². The van der Waals surface area contributed by atoms with Crippen molar-refractivity contribution in [3.63, 3.8) is 0 Å². The van der Waals surface area contributed by atoms with Gasteiger partial charge in [0.05, 0.1) is 20.6 Å². The lowest BCUT2D eigenvalue weighted by molar-refractivity contribution is -0.138. The van der Waals surface area contributed by atoms with Crippen molar-refractivity contribution in [3.8, 4) is 11.5 Å². The minimum atomic E-state index is -0.919. The molecule has 0 radical (unpaired) electrons. The minimum absolute atomic E-state index is 0.0558. The molecule has 0 aliphatic heterocycles. The monoisotopic (exact) mass is 264 g/mol. The Hall–Kier alpha value is -2.04. The van der Waals surface area contributed by atoms with Gasteiger partial charge in [0.1, 0.15) is 0 Å². The summed E-state index contributed by atoms with van der Waals surface area (Å²) in [6.45, 7) is 1.79. The summed E-state index contributed by atoms with van der Waals surface area (Å²) < 4.78 is 10.4. The molecule has 102 valence electrons. The van der Waals surface area contributed by atoms with Crippen LogP contribution < -0.4 is 9.47 Å². The number of benzene rings is 1. The summed E-state index contributed by atoms with van der Waals surface area (Å²) in [7, 11) is 3.01. The fourth-order valence-electron chi connectivity index (χ4n) is 2.65. The molecule has 1 aliphatic carbocycles. The number of ether oxygens (including phenoxy) is 2. The van der Waals surface area contributed by atoms with E-state index in [2.05, 4.69) is 0 Å². The zero-order chi connectivity index (χ0) is 14.2. The number of hydrogen-bond acceptors (Lipinski definition) is 4. The third-order valence-electron chi connectivity index (χ3n) is 3.57. The first-order valence-corrected chi connectivity index (χ1v) is 5.93. The number of aliphatic carboxylic acids is 1. The summed E-state index contributed by atoms with van der Waals surface area (Å²) in [6, 6.07) is 3.34. The molecular weight excluding hydrogens is 248 g/mol. The molecule has 0 fully saturated rings. The van der Waals surface area contributed by atoms with E-state index in [0.29, 0.717) is 17.1 Å². The topological polar surface area (TPSA) is 72.8 Å². The smallest absolute Gasteiger partial charge is 0.304 e. The highest BCUT2D eigenvalue weighted by molar-refractivity contribution is 6.03. The first-order valence-electron chi connectivity index (χ1n) is 5.93. The standard InChI is InChI=1S/C14H16O5/c1-14(7-13(16)17)6-10(15)8-4-11(18-2)12(19-3)5-9(8)14/h4-5H,6-7H2,1-3H3,(H,16,17). The van der Waals surface area contributed by atoms with Gasteiger partial charge in [0.15, 0.2) is 17.3 Å². The summed E-state index contributed by atoms with van der Waals surface area (Å²) in [4.78, 5) is 23.0. The number of Topliss-reactive ketones (excluding diaryl/α,β-unsaturated/α-hetero) is 1. The zero-order valence-corrected chi connectivity index (χ0v) is 11.1. The van der Waals surface area contributed by atoms with Crippen LogP contribution >= 0.6 is 0 Å². The van der Waals surface area contributed by atoms with Crippen LogP contribution in [0.25, 0.3) is 0 Å². The summed E-state index contributed by atoms with van der Waals surface area (Å²) in [5.41, 5.74) is 0.566. The van der Waals surface area contributed by atoms with Gasteiger partial charge in [0.25, 0.3) is 0 Å². The van der Waals surface area contributed by atoms with Gasteiger partial charge in [0.2, 0.25) is 0 Å². The number of carboxylic acid groups (broad SMARTS) is 1. The molecule has 1 N–H and O–H groups in total. The Morgan fingerprint density at radius 1 is 1.32 bits per heavy atom. The van der Waals surface area contributed by atoms with E-state index in [1.165, 1.54) is 14.2 Å². The van der Waals surface area contributed by atoms with Crippen molar-refractivity contribution >= 4 is 11.8 Å². The summed E-state index contributed by atoms with van der Waals surface area (Å²) >= 11 is 0. The van der Waals surface area contributed by atoms with Crippen molar-refractivity contribution in [1.29, 1.82) is 0 Å². The number of rotatable bonds is 4. The van der Waals surface area contributed by atoms with Crippen molar-refractivity contribution in [2.45, 2.75) is 25.2 Å². The van der Waals surface area contributed by atoms with Crippen LogP contribution in [0.3, 0.4) is 0 Å². The fraction of sp³-hybridized carbons (Fsp3) is 0.429. The SMILES string of the molecule is COc1cc2c(cc1OC)C(C)(CC(=O)O)CC2=O. The summed E-state index contributed by atoms with van der Waals surface area (Å²) in [5, 5.41) is 9.01.